The van der Waals surface area contributed by atoms with E-state index in [0.29, 0.717) is 35.7 Å². The van der Waals surface area contributed by atoms with Crippen LogP contribution >= 0.6 is 0 Å². The molecular weight excluding hydrogens is 544 g/mol. The summed E-state index contributed by atoms with van der Waals surface area (Å²) in [5.41, 5.74) is 2.13. The lowest BCUT2D eigenvalue weighted by atomic mass is 9.98. The summed E-state index contributed by atoms with van der Waals surface area (Å²) >= 11 is 0. The Hall–Kier alpha value is -4.97. The van der Waals surface area contributed by atoms with Crippen LogP contribution < -0.4 is 25.4 Å². The number of urea groups is 1. The fourth-order valence-corrected chi connectivity index (χ4v) is 4.72. The first-order valence-electron chi connectivity index (χ1n) is 13.3. The van der Waals surface area contributed by atoms with Crippen LogP contribution in [0.4, 0.5) is 21.9 Å². The van der Waals surface area contributed by atoms with E-state index in [0.717, 1.165) is 18.1 Å². The van der Waals surface area contributed by atoms with Crippen molar-refractivity contribution in [2.75, 3.05) is 31.4 Å². The predicted octanol–water partition coefficient (Wildman–Crippen LogP) is 4.65. The highest BCUT2D eigenvalue weighted by Crippen LogP contribution is 2.32. The van der Waals surface area contributed by atoms with Crippen molar-refractivity contribution in [3.63, 3.8) is 0 Å². The van der Waals surface area contributed by atoms with Crippen molar-refractivity contribution in [2.45, 2.75) is 38.3 Å². The molecule has 0 aliphatic carbocycles. The van der Waals surface area contributed by atoms with Gasteiger partial charge in [-0.3, -0.25) is 14.9 Å². The first-order valence-corrected chi connectivity index (χ1v) is 13.3. The lowest BCUT2D eigenvalue weighted by molar-refractivity contribution is -0.386. The molecule has 2 unspecified atom stereocenters. The number of para-hydroxylation sites is 1. The Kier molecular flexibility index (Phi) is 9.71. The molecule has 0 bridgehead atoms. The third-order valence-electron chi connectivity index (χ3n) is 6.90. The van der Waals surface area contributed by atoms with Crippen LogP contribution in [0.25, 0.3) is 0 Å². The van der Waals surface area contributed by atoms with Crippen molar-refractivity contribution < 1.29 is 33.5 Å². The molecule has 3 aromatic carbocycles. The summed E-state index contributed by atoms with van der Waals surface area (Å²) in [7, 11) is 2.63. The van der Waals surface area contributed by atoms with E-state index < -0.39 is 28.7 Å². The van der Waals surface area contributed by atoms with Crippen LogP contribution in [0, 0.1) is 17.0 Å². The number of ketones is 1. The molecule has 3 aromatic rings. The molecule has 42 heavy (non-hydrogen) atoms. The summed E-state index contributed by atoms with van der Waals surface area (Å²) < 4.78 is 16.1. The normalized spacial score (nSPS) is 14.9. The quantitative estimate of drug-likeness (QED) is 0.168. The van der Waals surface area contributed by atoms with Crippen LogP contribution in [-0.4, -0.2) is 55.6 Å². The van der Waals surface area contributed by atoms with Crippen LogP contribution in [0.2, 0.25) is 0 Å². The number of nitro groups is 1. The minimum absolute atomic E-state index is 0.00760. The minimum Gasteiger partial charge on any atom is -0.495 e. The van der Waals surface area contributed by atoms with Crippen molar-refractivity contribution in [2.24, 2.45) is 0 Å². The van der Waals surface area contributed by atoms with Gasteiger partial charge in [0.15, 0.2) is 17.6 Å². The molecule has 3 N–H and O–H groups in total. The molecule has 1 saturated heterocycles. The number of anilines is 2. The Morgan fingerprint density at radius 1 is 1.02 bits per heavy atom. The molecule has 1 fully saturated rings. The second kappa shape index (κ2) is 13.6. The van der Waals surface area contributed by atoms with Crippen molar-refractivity contribution in [3.05, 3.63) is 87.5 Å². The van der Waals surface area contributed by atoms with Gasteiger partial charge in [-0.15, -0.1) is 0 Å². The molecule has 2 atom stereocenters. The average Bonchev–Trinajstić information content (AvgIpc) is 3.52. The first kappa shape index (κ1) is 30.0. The van der Waals surface area contributed by atoms with E-state index in [2.05, 4.69) is 20.7 Å². The van der Waals surface area contributed by atoms with Crippen molar-refractivity contribution >= 4 is 34.8 Å². The average molecular weight is 577 g/mol. The molecule has 0 aromatic heterocycles. The summed E-state index contributed by atoms with van der Waals surface area (Å²) in [5, 5.41) is 20.6. The summed E-state index contributed by atoms with van der Waals surface area (Å²) in [6.07, 6.45) is 0.383. The van der Waals surface area contributed by atoms with Crippen LogP contribution in [0.3, 0.4) is 0 Å². The largest absolute Gasteiger partial charge is 0.495 e. The third kappa shape index (κ3) is 7.21. The fourth-order valence-electron chi connectivity index (χ4n) is 4.72. The zero-order chi connectivity index (χ0) is 30.2. The van der Waals surface area contributed by atoms with Gasteiger partial charge in [-0.05, 0) is 67.8 Å². The van der Waals surface area contributed by atoms with Gasteiger partial charge in [0.2, 0.25) is 0 Å². The van der Waals surface area contributed by atoms with E-state index in [-0.39, 0.29) is 29.6 Å². The molecule has 0 radical (unpaired) electrons. The van der Waals surface area contributed by atoms with Gasteiger partial charge in [-0.25, -0.2) is 9.59 Å². The number of nitro benzene ring substituents is 1. The van der Waals surface area contributed by atoms with E-state index in [1.165, 1.54) is 26.4 Å². The number of amides is 2. The Balaban J connectivity index is 1.52. The molecule has 1 heterocycles. The van der Waals surface area contributed by atoms with Gasteiger partial charge in [-0.1, -0.05) is 24.3 Å². The number of Topliss-reactive ketones (excluding diaryl/α,β-unsaturated/α-hetero) is 1. The molecular formula is C30H32N4O8. The second-order valence-electron chi connectivity index (χ2n) is 9.74. The number of ether oxygens (including phenoxy) is 3. The molecule has 1 aliphatic rings. The SMILES string of the molecule is COC(=O)c1ccc(OC(C(=O)Cc2ccc(NC(=O)Nc3ccccc3C)c(OC)c2)C2CCCN2)c([N+](=O)[O-])c1. The number of hydrogen-bond donors (Lipinski definition) is 3. The number of carbonyl (C=O) groups excluding carboxylic acids is 3. The number of rotatable bonds is 11. The number of benzene rings is 3. The molecule has 12 nitrogen and oxygen atoms in total. The monoisotopic (exact) mass is 576 g/mol. The van der Waals surface area contributed by atoms with Gasteiger partial charge in [-0.2, -0.15) is 0 Å². The summed E-state index contributed by atoms with van der Waals surface area (Å²) in [6.45, 7) is 2.57. The van der Waals surface area contributed by atoms with Gasteiger partial charge in [0.1, 0.15) is 5.75 Å². The lowest BCUT2D eigenvalue weighted by Gasteiger charge is -2.24. The molecule has 1 aliphatic heterocycles. The molecule has 2 amide bonds. The number of esters is 1. The maximum atomic E-state index is 13.6. The van der Waals surface area contributed by atoms with Gasteiger partial charge in [0.05, 0.1) is 36.4 Å². The van der Waals surface area contributed by atoms with E-state index in [4.69, 9.17) is 9.47 Å². The minimum atomic E-state index is -1.03. The van der Waals surface area contributed by atoms with Crippen LogP contribution in [0.5, 0.6) is 11.5 Å². The topological polar surface area (TPSA) is 158 Å². The highest BCUT2D eigenvalue weighted by Gasteiger charge is 2.34. The second-order valence-corrected chi connectivity index (χ2v) is 9.74. The van der Waals surface area contributed by atoms with Crippen molar-refractivity contribution in [1.29, 1.82) is 0 Å². The zero-order valence-corrected chi connectivity index (χ0v) is 23.5. The highest BCUT2D eigenvalue weighted by atomic mass is 16.6. The number of hydrogen-bond acceptors (Lipinski definition) is 9. The number of aryl methyl sites for hydroxylation is 1. The molecule has 0 spiro atoms. The number of carbonyl (C=O) groups is 3. The third-order valence-corrected chi connectivity index (χ3v) is 6.90. The van der Waals surface area contributed by atoms with Crippen LogP contribution in [0.1, 0.15) is 34.3 Å². The first-order chi connectivity index (χ1) is 20.2. The maximum Gasteiger partial charge on any atom is 0.338 e. The van der Waals surface area contributed by atoms with E-state index in [9.17, 15) is 24.5 Å². The number of nitrogens with one attached hydrogen (secondary N) is 3. The van der Waals surface area contributed by atoms with Gasteiger partial charge in [0.25, 0.3) is 0 Å². The lowest BCUT2D eigenvalue weighted by Crippen LogP contribution is -2.45. The standard InChI is InChI=1S/C30H32N4O8/c1-18-7-4-5-8-21(18)32-30(37)33-22-12-10-19(16-27(22)40-2)15-25(35)28(23-9-6-14-31-23)42-26-13-11-20(29(36)41-3)17-24(26)34(38)39/h4-5,7-8,10-13,16-17,23,28,31H,6,9,14-15H2,1-3H3,(H2,32,33,37). The summed E-state index contributed by atoms with van der Waals surface area (Å²) in [6, 6.07) is 15.3. The Morgan fingerprint density at radius 2 is 1.79 bits per heavy atom. The molecule has 220 valence electrons. The van der Waals surface area contributed by atoms with Gasteiger partial charge >= 0.3 is 17.7 Å². The molecule has 0 saturated carbocycles. The smallest absolute Gasteiger partial charge is 0.338 e. The Labute approximate surface area is 242 Å². The van der Waals surface area contributed by atoms with Gasteiger partial charge < -0.3 is 30.2 Å². The predicted molar refractivity (Wildman–Crippen MR) is 155 cm³/mol. The number of nitrogens with zero attached hydrogens (tertiary/aromatic N) is 1. The van der Waals surface area contributed by atoms with Crippen molar-refractivity contribution in [3.8, 4) is 11.5 Å². The van der Waals surface area contributed by atoms with Crippen molar-refractivity contribution in [1.82, 2.24) is 5.32 Å². The van der Waals surface area contributed by atoms with E-state index in [1.54, 1.807) is 24.3 Å². The summed E-state index contributed by atoms with van der Waals surface area (Å²) in [4.78, 5) is 49.2. The highest BCUT2D eigenvalue weighted by molar-refractivity contribution is 6.01. The van der Waals surface area contributed by atoms with E-state index >= 15 is 0 Å². The van der Waals surface area contributed by atoms with E-state index in [1.807, 2.05) is 25.1 Å². The maximum absolute atomic E-state index is 13.6. The molecule has 4 rings (SSSR count). The Morgan fingerprint density at radius 3 is 2.45 bits per heavy atom. The van der Waals surface area contributed by atoms with Crippen LogP contribution in [0.15, 0.2) is 60.7 Å². The fraction of sp³-hybridized carbons (Fsp3) is 0.300. The zero-order valence-electron chi connectivity index (χ0n) is 23.5. The Bertz CT molecular complexity index is 1490. The van der Waals surface area contributed by atoms with Crippen LogP contribution in [-0.2, 0) is 16.0 Å². The number of methoxy groups -OCH3 is 2. The summed E-state index contributed by atoms with van der Waals surface area (Å²) in [5.74, 6) is -0.808. The van der Waals surface area contributed by atoms with Gasteiger partial charge in [0, 0.05) is 18.2 Å². The molecule has 12 heteroatoms.